The fourth-order valence-corrected chi connectivity index (χ4v) is 2.09. The van der Waals surface area contributed by atoms with E-state index in [2.05, 4.69) is 21.5 Å². The molecule has 3 N–H and O–H groups in total. The minimum Gasteiger partial charge on any atom is -0.374 e. The molecule has 0 aliphatic rings. The highest BCUT2D eigenvalue weighted by molar-refractivity contribution is 5.74. The number of amides is 2. The second-order valence-electron chi connectivity index (χ2n) is 5.76. The molecule has 0 aromatic carbocycles. The molecule has 0 bridgehead atoms. The second-order valence-corrected chi connectivity index (χ2v) is 5.76. The van der Waals surface area contributed by atoms with E-state index in [9.17, 15) is 23.1 Å². The van der Waals surface area contributed by atoms with Crippen LogP contribution in [0.1, 0.15) is 26.1 Å². The maximum Gasteiger partial charge on any atom is 0.424 e. The number of aromatic nitrogens is 2. The minimum absolute atomic E-state index is 0.0274. The second kappa shape index (κ2) is 7.57. The number of urea groups is 1. The van der Waals surface area contributed by atoms with Gasteiger partial charge in [-0.05, 0) is 5.92 Å². The monoisotopic (exact) mass is 346 g/mol. The van der Waals surface area contributed by atoms with Gasteiger partial charge in [-0.1, -0.05) is 19.8 Å². The van der Waals surface area contributed by atoms with Crippen molar-refractivity contribution in [3.8, 4) is 12.3 Å². The summed E-state index contributed by atoms with van der Waals surface area (Å²) in [4.78, 5) is 15.3. The van der Waals surface area contributed by atoms with Crippen molar-refractivity contribution in [2.24, 2.45) is 13.0 Å². The Balaban J connectivity index is 2.74. The van der Waals surface area contributed by atoms with E-state index >= 15 is 0 Å². The Morgan fingerprint density at radius 3 is 2.54 bits per heavy atom. The van der Waals surface area contributed by atoms with Gasteiger partial charge >= 0.3 is 12.2 Å². The average molecular weight is 346 g/mol. The number of aliphatic hydroxyl groups is 1. The van der Waals surface area contributed by atoms with Gasteiger partial charge in [0.2, 0.25) is 5.60 Å². The van der Waals surface area contributed by atoms with E-state index in [1.54, 1.807) is 13.8 Å². The molecular weight excluding hydrogens is 325 g/mol. The van der Waals surface area contributed by atoms with Gasteiger partial charge in [0.15, 0.2) is 0 Å². The number of hydrogen-bond donors (Lipinski definition) is 3. The van der Waals surface area contributed by atoms with Crippen LogP contribution >= 0.6 is 0 Å². The van der Waals surface area contributed by atoms with Crippen LogP contribution in [0.25, 0.3) is 0 Å². The molecule has 1 rings (SSSR count). The van der Waals surface area contributed by atoms with Crippen LogP contribution in [-0.4, -0.2) is 39.5 Å². The maximum absolute atomic E-state index is 13.3. The number of alkyl halides is 3. The van der Waals surface area contributed by atoms with Crippen molar-refractivity contribution in [2.75, 3.05) is 6.54 Å². The van der Waals surface area contributed by atoms with Crippen LogP contribution in [0.3, 0.4) is 0 Å². The molecule has 9 heteroatoms. The molecule has 2 atom stereocenters. The van der Waals surface area contributed by atoms with E-state index < -0.39 is 42.6 Å². The fourth-order valence-electron chi connectivity index (χ4n) is 2.09. The zero-order valence-corrected chi connectivity index (χ0v) is 13.7. The lowest BCUT2D eigenvalue weighted by Crippen LogP contribution is -2.49. The molecule has 0 radical (unpaired) electrons. The molecule has 0 spiro atoms. The molecule has 2 amide bonds. The molecule has 0 unspecified atom stereocenters. The highest BCUT2D eigenvalue weighted by Gasteiger charge is 2.57. The number of carbonyl (C=O) groups is 1. The van der Waals surface area contributed by atoms with Gasteiger partial charge in [-0.25, -0.2) is 9.78 Å². The lowest BCUT2D eigenvalue weighted by atomic mass is 9.97. The van der Waals surface area contributed by atoms with Gasteiger partial charge in [-0.15, -0.1) is 6.42 Å². The van der Waals surface area contributed by atoms with Crippen LogP contribution in [0.4, 0.5) is 18.0 Å². The number of nitrogens with zero attached hydrogens (tertiary/aromatic N) is 2. The first kappa shape index (κ1) is 19.8. The van der Waals surface area contributed by atoms with E-state index in [1.165, 1.54) is 13.2 Å². The average Bonchev–Trinajstić information content (AvgIpc) is 2.89. The first-order valence-electron chi connectivity index (χ1n) is 7.30. The summed E-state index contributed by atoms with van der Waals surface area (Å²) >= 11 is 0. The summed E-state index contributed by atoms with van der Waals surface area (Å²) in [6.45, 7) is 3.19. The third-order valence-electron chi connectivity index (χ3n) is 3.57. The third kappa shape index (κ3) is 4.41. The molecule has 6 nitrogen and oxygen atoms in total. The highest BCUT2D eigenvalue weighted by atomic mass is 19.4. The molecular formula is C15H21F3N4O2. The zero-order chi connectivity index (χ0) is 18.5. The number of terminal acetylenes is 1. The first-order valence-corrected chi connectivity index (χ1v) is 7.30. The Kier molecular flexibility index (Phi) is 6.26. The molecule has 134 valence electrons. The van der Waals surface area contributed by atoms with Gasteiger partial charge < -0.3 is 20.3 Å². The standard InChI is InChI=1S/C15H21F3N4O2/c1-5-11(10(2)3)21-13(23)20-7-6-14(24,15(16,17)18)12-19-8-9-22(12)4/h1,8-11,24H,6-7H2,2-4H3,(H2,20,21,23)/t11-,14-/m1/s1. The minimum atomic E-state index is -4.94. The number of carbonyl (C=O) groups excluding carboxylic acids is 1. The Bertz CT molecular complexity index is 607. The Labute approximate surface area is 138 Å². The van der Waals surface area contributed by atoms with E-state index in [-0.39, 0.29) is 5.92 Å². The van der Waals surface area contributed by atoms with Gasteiger partial charge in [0.25, 0.3) is 0 Å². The number of halogens is 3. The summed E-state index contributed by atoms with van der Waals surface area (Å²) < 4.78 is 40.9. The summed E-state index contributed by atoms with van der Waals surface area (Å²) in [6, 6.07) is -1.24. The van der Waals surface area contributed by atoms with Crippen LogP contribution in [0.2, 0.25) is 0 Å². The lowest BCUT2D eigenvalue weighted by molar-refractivity contribution is -0.272. The van der Waals surface area contributed by atoms with Crippen LogP contribution in [0.15, 0.2) is 12.4 Å². The SMILES string of the molecule is C#C[C@@H](NC(=O)NCC[C@@](O)(c1nccn1C)C(F)(F)F)C(C)C. The van der Waals surface area contributed by atoms with E-state index in [0.29, 0.717) is 0 Å². The molecule has 24 heavy (non-hydrogen) atoms. The number of imidazole rings is 1. The fraction of sp³-hybridized carbons (Fsp3) is 0.600. The highest BCUT2D eigenvalue weighted by Crippen LogP contribution is 2.40. The van der Waals surface area contributed by atoms with Crippen LogP contribution in [-0.2, 0) is 12.6 Å². The van der Waals surface area contributed by atoms with Crippen molar-refractivity contribution in [1.82, 2.24) is 20.2 Å². The van der Waals surface area contributed by atoms with Crippen molar-refractivity contribution >= 4 is 6.03 Å². The molecule has 1 heterocycles. The third-order valence-corrected chi connectivity index (χ3v) is 3.57. The largest absolute Gasteiger partial charge is 0.424 e. The molecule has 1 aromatic heterocycles. The van der Waals surface area contributed by atoms with Crippen molar-refractivity contribution in [3.63, 3.8) is 0 Å². The number of nitrogens with one attached hydrogen (secondary N) is 2. The van der Waals surface area contributed by atoms with Gasteiger partial charge in [0.05, 0.1) is 6.04 Å². The zero-order valence-electron chi connectivity index (χ0n) is 13.7. The predicted molar refractivity (Wildman–Crippen MR) is 81.8 cm³/mol. The number of rotatable bonds is 6. The van der Waals surface area contributed by atoms with Crippen molar-refractivity contribution in [1.29, 1.82) is 0 Å². The predicted octanol–water partition coefficient (Wildman–Crippen LogP) is 1.52. The number of hydrogen-bond acceptors (Lipinski definition) is 3. The Morgan fingerprint density at radius 2 is 2.12 bits per heavy atom. The normalized spacial score (nSPS) is 15.5. The summed E-state index contributed by atoms with van der Waals surface area (Å²) in [5.74, 6) is 1.81. The van der Waals surface area contributed by atoms with Crippen LogP contribution in [0, 0.1) is 18.3 Å². The van der Waals surface area contributed by atoms with E-state index in [4.69, 9.17) is 6.42 Å². The van der Waals surface area contributed by atoms with E-state index in [0.717, 1.165) is 10.8 Å². The molecule has 0 saturated heterocycles. The van der Waals surface area contributed by atoms with Crippen LogP contribution < -0.4 is 10.6 Å². The molecule has 0 fully saturated rings. The smallest absolute Gasteiger partial charge is 0.374 e. The summed E-state index contributed by atoms with van der Waals surface area (Å²) in [7, 11) is 1.35. The molecule has 0 saturated carbocycles. The van der Waals surface area contributed by atoms with Crippen molar-refractivity contribution < 1.29 is 23.1 Å². The lowest BCUT2D eigenvalue weighted by Gasteiger charge is -2.30. The molecule has 0 aliphatic heterocycles. The van der Waals surface area contributed by atoms with Gasteiger partial charge in [-0.3, -0.25) is 0 Å². The van der Waals surface area contributed by atoms with Gasteiger partial charge in [-0.2, -0.15) is 13.2 Å². The Hall–Kier alpha value is -2.21. The molecule has 0 aliphatic carbocycles. The molecule has 1 aromatic rings. The maximum atomic E-state index is 13.3. The Morgan fingerprint density at radius 1 is 1.50 bits per heavy atom. The van der Waals surface area contributed by atoms with Crippen LogP contribution in [0.5, 0.6) is 0 Å². The first-order chi connectivity index (χ1) is 11.0. The van der Waals surface area contributed by atoms with Crippen molar-refractivity contribution in [2.45, 2.75) is 38.1 Å². The van der Waals surface area contributed by atoms with E-state index in [1.807, 2.05) is 0 Å². The summed E-state index contributed by atoms with van der Waals surface area (Å²) in [5.41, 5.74) is -3.16. The quantitative estimate of drug-likeness (QED) is 0.684. The van der Waals surface area contributed by atoms with Crippen molar-refractivity contribution in [3.05, 3.63) is 18.2 Å². The summed E-state index contributed by atoms with van der Waals surface area (Å²) in [6.07, 6.45) is 2.00. The van der Waals surface area contributed by atoms with Gasteiger partial charge in [0.1, 0.15) is 5.82 Å². The van der Waals surface area contributed by atoms with Gasteiger partial charge in [0, 0.05) is 32.4 Å². The summed E-state index contributed by atoms with van der Waals surface area (Å²) in [5, 5.41) is 14.8. The topological polar surface area (TPSA) is 79.2 Å². The number of aryl methyl sites for hydroxylation is 1.